The van der Waals surface area contributed by atoms with Gasteiger partial charge in [0, 0.05) is 17.1 Å². The summed E-state index contributed by atoms with van der Waals surface area (Å²) in [4.78, 5) is 12.8. The molecule has 8 nitrogen and oxygen atoms in total. The lowest BCUT2D eigenvalue weighted by Crippen LogP contribution is -2.18. The van der Waals surface area contributed by atoms with Gasteiger partial charge in [-0.25, -0.2) is 4.68 Å². The number of nitrogens with zero attached hydrogens (tertiary/aromatic N) is 6. The number of carbonyl (C=O) groups is 1. The van der Waals surface area contributed by atoms with E-state index in [0.717, 1.165) is 28.3 Å². The van der Waals surface area contributed by atoms with Crippen LogP contribution in [0.3, 0.4) is 0 Å². The average molecular weight is 458 g/mol. The molecule has 33 heavy (non-hydrogen) atoms. The van der Waals surface area contributed by atoms with Crippen molar-refractivity contribution < 1.29 is 4.79 Å². The molecular weight excluding hydrogens is 434 g/mol. The second kappa shape index (κ2) is 9.30. The molecule has 1 amide bonds. The summed E-state index contributed by atoms with van der Waals surface area (Å²) < 4.78 is 3.63. The van der Waals surface area contributed by atoms with Crippen LogP contribution in [0.15, 0.2) is 53.6 Å². The van der Waals surface area contributed by atoms with E-state index in [2.05, 4.69) is 26.7 Å². The van der Waals surface area contributed by atoms with Gasteiger partial charge < -0.3 is 5.32 Å². The number of nitriles is 1. The van der Waals surface area contributed by atoms with Gasteiger partial charge in [0.15, 0.2) is 5.82 Å². The van der Waals surface area contributed by atoms with Crippen molar-refractivity contribution in [3.05, 3.63) is 76.7 Å². The largest absolute Gasteiger partial charge is 0.310 e. The summed E-state index contributed by atoms with van der Waals surface area (Å²) in [5.74, 6) is 1.02. The van der Waals surface area contributed by atoms with Crippen molar-refractivity contribution in [2.75, 3.05) is 11.1 Å². The second-order valence-electron chi connectivity index (χ2n) is 7.62. The highest BCUT2D eigenvalue weighted by Gasteiger charge is 2.20. The van der Waals surface area contributed by atoms with Gasteiger partial charge in [-0.3, -0.25) is 9.36 Å². The van der Waals surface area contributed by atoms with Crippen LogP contribution in [-0.4, -0.2) is 36.2 Å². The summed E-state index contributed by atoms with van der Waals surface area (Å²) in [5, 5.41) is 26.1. The van der Waals surface area contributed by atoms with E-state index >= 15 is 0 Å². The summed E-state index contributed by atoms with van der Waals surface area (Å²) in [6.07, 6.45) is 0. The summed E-state index contributed by atoms with van der Waals surface area (Å²) in [6, 6.07) is 17.5. The lowest BCUT2D eigenvalue weighted by Gasteiger charge is -2.13. The molecule has 0 unspecified atom stereocenters. The molecule has 4 rings (SSSR count). The van der Waals surface area contributed by atoms with Crippen LogP contribution in [0.4, 0.5) is 5.82 Å². The molecule has 0 atom stereocenters. The number of rotatable bonds is 6. The summed E-state index contributed by atoms with van der Waals surface area (Å²) in [7, 11) is 0. The number of carbonyl (C=O) groups excluding carboxylic acids is 1. The van der Waals surface area contributed by atoms with Crippen LogP contribution in [-0.2, 0) is 4.79 Å². The van der Waals surface area contributed by atoms with Crippen LogP contribution in [0, 0.1) is 39.0 Å². The van der Waals surface area contributed by atoms with Crippen molar-refractivity contribution in [2.24, 2.45) is 0 Å². The zero-order valence-electron chi connectivity index (χ0n) is 18.8. The molecule has 0 radical (unpaired) electrons. The number of amides is 1. The Balaban J connectivity index is 1.49. The van der Waals surface area contributed by atoms with Gasteiger partial charge in [-0.1, -0.05) is 30.0 Å². The van der Waals surface area contributed by atoms with E-state index in [0.29, 0.717) is 22.2 Å². The third kappa shape index (κ3) is 4.52. The smallest absolute Gasteiger partial charge is 0.235 e. The van der Waals surface area contributed by atoms with Crippen LogP contribution in [0.25, 0.3) is 11.5 Å². The third-order valence-electron chi connectivity index (χ3n) is 5.30. The maximum atomic E-state index is 12.8. The molecule has 0 aliphatic rings. The highest BCUT2D eigenvalue weighted by molar-refractivity contribution is 7.99. The quantitative estimate of drug-likeness (QED) is 0.434. The van der Waals surface area contributed by atoms with E-state index in [-0.39, 0.29) is 11.7 Å². The zero-order valence-corrected chi connectivity index (χ0v) is 19.6. The Kier molecular flexibility index (Phi) is 6.29. The number of hydrogen-bond acceptors (Lipinski definition) is 6. The van der Waals surface area contributed by atoms with Crippen LogP contribution in [0.2, 0.25) is 0 Å². The van der Waals surface area contributed by atoms with Crippen molar-refractivity contribution in [1.29, 1.82) is 5.26 Å². The molecule has 4 aromatic rings. The van der Waals surface area contributed by atoms with Crippen LogP contribution < -0.4 is 5.32 Å². The Morgan fingerprint density at radius 2 is 1.85 bits per heavy atom. The molecule has 0 saturated carbocycles. The molecule has 1 aromatic carbocycles. The maximum Gasteiger partial charge on any atom is 0.235 e. The molecule has 0 spiro atoms. The van der Waals surface area contributed by atoms with Crippen molar-refractivity contribution >= 4 is 23.5 Å². The molecule has 0 bridgehead atoms. The van der Waals surface area contributed by atoms with Gasteiger partial charge in [0.1, 0.15) is 16.9 Å². The Morgan fingerprint density at radius 1 is 1.09 bits per heavy atom. The average Bonchev–Trinajstić information content (AvgIpc) is 3.27. The van der Waals surface area contributed by atoms with E-state index in [4.69, 9.17) is 0 Å². The predicted molar refractivity (Wildman–Crippen MR) is 128 cm³/mol. The minimum absolute atomic E-state index is 0.136. The number of anilines is 1. The number of aromatic nitrogens is 5. The maximum absolute atomic E-state index is 12.8. The summed E-state index contributed by atoms with van der Waals surface area (Å²) in [6.45, 7) is 7.71. The molecule has 9 heteroatoms. The van der Waals surface area contributed by atoms with Gasteiger partial charge in [-0.15, -0.1) is 10.2 Å². The molecular formula is C24H23N7OS. The number of benzene rings is 1. The predicted octanol–water partition coefficient (Wildman–Crippen LogP) is 4.29. The lowest BCUT2D eigenvalue weighted by molar-refractivity contribution is -0.113. The van der Waals surface area contributed by atoms with Gasteiger partial charge in [0.05, 0.1) is 17.0 Å². The molecule has 1 N–H and O–H groups in total. The first-order valence-corrected chi connectivity index (χ1v) is 11.3. The minimum Gasteiger partial charge on any atom is -0.310 e. The number of aryl methyl sites for hydroxylation is 2. The highest BCUT2D eigenvalue weighted by Crippen LogP contribution is 2.30. The van der Waals surface area contributed by atoms with Crippen molar-refractivity contribution in [2.45, 2.75) is 32.7 Å². The third-order valence-corrected chi connectivity index (χ3v) is 6.22. The van der Waals surface area contributed by atoms with E-state index in [1.54, 1.807) is 4.68 Å². The number of thioether (sulfide) groups is 1. The van der Waals surface area contributed by atoms with Gasteiger partial charge in [-0.05, 0) is 63.6 Å². The van der Waals surface area contributed by atoms with Crippen LogP contribution in [0.1, 0.15) is 28.2 Å². The number of hydrogen-bond donors (Lipinski definition) is 1. The normalized spacial score (nSPS) is 10.8. The van der Waals surface area contributed by atoms with E-state index in [1.165, 1.54) is 11.8 Å². The van der Waals surface area contributed by atoms with Crippen molar-refractivity contribution in [1.82, 2.24) is 24.5 Å². The first-order valence-electron chi connectivity index (χ1n) is 10.4. The Hall–Kier alpha value is -3.90. The first-order chi connectivity index (χ1) is 15.9. The fourth-order valence-corrected chi connectivity index (χ4v) is 4.25. The lowest BCUT2D eigenvalue weighted by atomic mass is 10.2. The molecule has 3 aromatic heterocycles. The van der Waals surface area contributed by atoms with Gasteiger partial charge in [0.2, 0.25) is 5.91 Å². The molecule has 166 valence electrons. The minimum atomic E-state index is -0.226. The topological polar surface area (TPSA) is 101 Å². The van der Waals surface area contributed by atoms with E-state index < -0.39 is 0 Å². The number of para-hydroxylation sites is 1. The monoisotopic (exact) mass is 457 g/mol. The summed E-state index contributed by atoms with van der Waals surface area (Å²) >= 11 is 1.28. The summed E-state index contributed by atoms with van der Waals surface area (Å²) in [5.41, 5.74) is 4.98. The van der Waals surface area contributed by atoms with Crippen molar-refractivity contribution in [3.63, 3.8) is 0 Å². The van der Waals surface area contributed by atoms with Gasteiger partial charge in [-0.2, -0.15) is 10.4 Å². The number of nitrogens with one attached hydrogen (secondary N) is 1. The van der Waals surface area contributed by atoms with Crippen LogP contribution in [0.5, 0.6) is 0 Å². The fourth-order valence-electron chi connectivity index (χ4n) is 3.63. The first kappa shape index (κ1) is 22.3. The van der Waals surface area contributed by atoms with Gasteiger partial charge >= 0.3 is 0 Å². The highest BCUT2D eigenvalue weighted by atomic mass is 32.2. The van der Waals surface area contributed by atoms with E-state index in [9.17, 15) is 10.1 Å². The SMILES string of the molecule is Cc1cc(C)n(-c2ccc(SCC(=O)Nc3c(C#N)c(C)c(C)n3-c3ccccc3)nn2)n1. The molecule has 0 saturated heterocycles. The van der Waals surface area contributed by atoms with Crippen LogP contribution >= 0.6 is 11.8 Å². The standard InChI is InChI=1S/C24H23N7OS/c1-15-12-16(2)31(29-15)21-10-11-23(28-27-21)33-14-22(32)26-24-20(13-25)17(3)18(4)30(24)19-8-6-5-7-9-19/h5-12H,14H2,1-4H3,(H,26,32). The molecule has 0 aliphatic carbocycles. The Bertz CT molecular complexity index is 1350. The molecule has 0 aliphatic heterocycles. The Labute approximate surface area is 196 Å². The molecule has 0 fully saturated rings. The van der Waals surface area contributed by atoms with E-state index in [1.807, 2.05) is 80.8 Å². The second-order valence-corrected chi connectivity index (χ2v) is 8.62. The Morgan fingerprint density at radius 3 is 2.45 bits per heavy atom. The fraction of sp³-hybridized carbons (Fsp3) is 0.208. The zero-order chi connectivity index (χ0) is 23.5. The molecule has 3 heterocycles. The van der Waals surface area contributed by atoms with Gasteiger partial charge in [0.25, 0.3) is 0 Å². The van der Waals surface area contributed by atoms with Crippen molar-refractivity contribution in [3.8, 4) is 17.6 Å².